The Labute approximate surface area is 215 Å². The van der Waals surface area contributed by atoms with Gasteiger partial charge in [0, 0.05) is 27.6 Å². The fraction of sp³-hybridized carbons (Fsp3) is 0.500. The maximum Gasteiger partial charge on any atom is 0.303 e. The zero-order chi connectivity index (χ0) is 26.3. The number of carbonyl (C=O) groups excluding carboxylic acids is 2. The molecule has 1 unspecified atom stereocenters. The summed E-state index contributed by atoms with van der Waals surface area (Å²) in [5.74, 6) is -1.21. The van der Waals surface area contributed by atoms with Crippen molar-refractivity contribution in [2.24, 2.45) is 5.92 Å². The van der Waals surface area contributed by atoms with Crippen molar-refractivity contribution in [3.8, 4) is 0 Å². The molecular weight excluding hydrogens is 476 g/mol. The second kappa shape index (κ2) is 12.1. The first-order valence-electron chi connectivity index (χ1n) is 12.3. The maximum atomic E-state index is 11.8. The van der Waals surface area contributed by atoms with Crippen LogP contribution in [0.1, 0.15) is 41.0 Å². The number of rotatable bonds is 10. The largest absolute Gasteiger partial charge is 0.465 e. The highest BCUT2D eigenvalue weighted by Gasteiger charge is 2.51. The van der Waals surface area contributed by atoms with Crippen LogP contribution in [0.2, 0.25) is 5.04 Å². The number of hydrogen-bond acceptors (Lipinski definition) is 7. The van der Waals surface area contributed by atoms with Crippen LogP contribution >= 0.6 is 0 Å². The Hall–Kier alpha value is -2.52. The molecule has 4 atom stereocenters. The highest BCUT2D eigenvalue weighted by molar-refractivity contribution is 6.99. The van der Waals surface area contributed by atoms with Crippen LogP contribution in [-0.2, 0) is 33.0 Å². The summed E-state index contributed by atoms with van der Waals surface area (Å²) in [7, 11) is -1.20. The first kappa shape index (κ1) is 28.1. The average Bonchev–Trinajstić information content (AvgIpc) is 3.16. The molecule has 0 radical (unpaired) electrons. The molecule has 8 heteroatoms. The molecular formula is C28H38O7Si. The quantitative estimate of drug-likeness (QED) is 0.355. The molecule has 0 bridgehead atoms. The van der Waals surface area contributed by atoms with Crippen LogP contribution in [0.15, 0.2) is 60.7 Å². The van der Waals surface area contributed by atoms with Crippen LogP contribution in [0.5, 0.6) is 0 Å². The third kappa shape index (κ3) is 6.24. The van der Waals surface area contributed by atoms with Crippen LogP contribution in [-0.4, -0.2) is 59.1 Å². The van der Waals surface area contributed by atoms with E-state index in [2.05, 4.69) is 69.3 Å². The summed E-state index contributed by atoms with van der Waals surface area (Å²) in [5, 5.41) is 2.23. The molecule has 0 spiro atoms. The molecule has 1 aliphatic rings. The third-order valence-electron chi connectivity index (χ3n) is 6.63. The van der Waals surface area contributed by atoms with Crippen molar-refractivity contribution < 1.29 is 33.0 Å². The minimum Gasteiger partial charge on any atom is -0.465 e. The van der Waals surface area contributed by atoms with Gasteiger partial charge in [-0.05, 0) is 21.8 Å². The average molecular weight is 515 g/mol. The molecule has 196 valence electrons. The lowest BCUT2D eigenvalue weighted by molar-refractivity contribution is -0.177. The van der Waals surface area contributed by atoms with Crippen molar-refractivity contribution in [1.82, 2.24) is 0 Å². The van der Waals surface area contributed by atoms with Gasteiger partial charge in [-0.3, -0.25) is 9.59 Å². The standard InChI is InChI=1S/C28H38O7Si/c1-20(29)32-19-24-25(35-27(31-6)26(24)34-21(2)30)17-18-33-36(28(3,4)5,22-13-9-7-10-14-22)23-15-11-8-12-16-23/h7-16,24-27H,17-19H2,1-6H3/t24-,25-,26-,27?/m1/s1. The van der Waals surface area contributed by atoms with E-state index >= 15 is 0 Å². The lowest BCUT2D eigenvalue weighted by Crippen LogP contribution is -2.66. The van der Waals surface area contributed by atoms with E-state index in [1.54, 1.807) is 0 Å². The van der Waals surface area contributed by atoms with Gasteiger partial charge in [0.15, 0.2) is 12.4 Å². The Bertz CT molecular complexity index is 950. The number of esters is 2. The fourth-order valence-electron chi connectivity index (χ4n) is 5.08. The van der Waals surface area contributed by atoms with Gasteiger partial charge in [0.1, 0.15) is 6.61 Å². The zero-order valence-corrected chi connectivity index (χ0v) is 23.1. The van der Waals surface area contributed by atoms with Gasteiger partial charge in [-0.1, -0.05) is 81.4 Å². The second-order valence-electron chi connectivity index (χ2n) is 10.1. The van der Waals surface area contributed by atoms with E-state index in [-0.39, 0.29) is 23.7 Å². The highest BCUT2D eigenvalue weighted by Crippen LogP contribution is 2.38. The van der Waals surface area contributed by atoms with Crippen molar-refractivity contribution >= 4 is 30.6 Å². The molecule has 36 heavy (non-hydrogen) atoms. The summed E-state index contributed by atoms with van der Waals surface area (Å²) in [6.45, 7) is 9.86. The minimum atomic E-state index is -2.71. The Morgan fingerprint density at radius 3 is 1.92 bits per heavy atom. The lowest BCUT2D eigenvalue weighted by atomic mass is 9.97. The topological polar surface area (TPSA) is 80.3 Å². The highest BCUT2D eigenvalue weighted by atomic mass is 28.4. The molecule has 0 saturated carbocycles. The van der Waals surface area contributed by atoms with Crippen LogP contribution in [0.3, 0.4) is 0 Å². The molecule has 1 saturated heterocycles. The molecule has 1 fully saturated rings. The first-order valence-corrected chi connectivity index (χ1v) is 14.2. The van der Waals surface area contributed by atoms with Gasteiger partial charge < -0.3 is 23.4 Å². The van der Waals surface area contributed by atoms with Gasteiger partial charge in [-0.15, -0.1) is 0 Å². The fourth-order valence-corrected chi connectivity index (χ4v) is 9.66. The normalized spacial score (nSPS) is 22.3. The van der Waals surface area contributed by atoms with Crippen molar-refractivity contribution in [2.75, 3.05) is 20.3 Å². The van der Waals surface area contributed by atoms with Crippen molar-refractivity contribution in [1.29, 1.82) is 0 Å². The smallest absolute Gasteiger partial charge is 0.303 e. The third-order valence-corrected chi connectivity index (χ3v) is 11.7. The van der Waals surface area contributed by atoms with Crippen LogP contribution < -0.4 is 10.4 Å². The number of methoxy groups -OCH3 is 1. The van der Waals surface area contributed by atoms with E-state index in [4.69, 9.17) is 23.4 Å². The summed E-state index contributed by atoms with van der Waals surface area (Å²) in [4.78, 5) is 23.3. The van der Waals surface area contributed by atoms with E-state index in [0.29, 0.717) is 13.0 Å². The van der Waals surface area contributed by atoms with Crippen LogP contribution in [0.25, 0.3) is 0 Å². The zero-order valence-electron chi connectivity index (χ0n) is 22.1. The Morgan fingerprint density at radius 1 is 0.917 bits per heavy atom. The molecule has 1 aliphatic heterocycles. The second-order valence-corrected chi connectivity index (χ2v) is 14.4. The van der Waals surface area contributed by atoms with E-state index in [9.17, 15) is 9.59 Å². The van der Waals surface area contributed by atoms with Crippen molar-refractivity contribution in [3.63, 3.8) is 0 Å². The number of carbonyl (C=O) groups is 2. The number of benzene rings is 2. The molecule has 0 N–H and O–H groups in total. The molecule has 3 rings (SSSR count). The van der Waals surface area contributed by atoms with Gasteiger partial charge in [-0.25, -0.2) is 0 Å². The predicted octanol–water partition coefficient (Wildman–Crippen LogP) is 3.44. The summed E-state index contributed by atoms with van der Waals surface area (Å²) < 4.78 is 29.4. The number of hydrogen-bond donors (Lipinski definition) is 0. The summed E-state index contributed by atoms with van der Waals surface area (Å²) in [6.07, 6.45) is -1.28. The summed E-state index contributed by atoms with van der Waals surface area (Å²) >= 11 is 0. The monoisotopic (exact) mass is 514 g/mol. The van der Waals surface area contributed by atoms with E-state index in [1.165, 1.54) is 31.3 Å². The SMILES string of the molecule is COC1O[C@H](CCO[Si](c2ccccc2)(c2ccccc2)C(C)(C)C)[C@@H](COC(C)=O)[C@H]1OC(C)=O. The summed E-state index contributed by atoms with van der Waals surface area (Å²) in [6, 6.07) is 20.8. The van der Waals surface area contributed by atoms with Crippen molar-refractivity contribution in [3.05, 3.63) is 60.7 Å². The lowest BCUT2D eigenvalue weighted by Gasteiger charge is -2.43. The van der Waals surface area contributed by atoms with Gasteiger partial charge >= 0.3 is 11.9 Å². The molecule has 0 aromatic heterocycles. The van der Waals surface area contributed by atoms with E-state index < -0.39 is 32.6 Å². The van der Waals surface area contributed by atoms with Gasteiger partial charge in [0.05, 0.1) is 12.0 Å². The van der Waals surface area contributed by atoms with Crippen LogP contribution in [0, 0.1) is 5.92 Å². The van der Waals surface area contributed by atoms with E-state index in [0.717, 1.165) is 0 Å². The van der Waals surface area contributed by atoms with Crippen molar-refractivity contribution in [2.45, 2.75) is 64.6 Å². The summed E-state index contributed by atoms with van der Waals surface area (Å²) in [5.41, 5.74) is 0. The molecule has 0 amide bonds. The molecule has 2 aromatic rings. The minimum absolute atomic E-state index is 0.0665. The Morgan fingerprint density at radius 2 is 1.47 bits per heavy atom. The van der Waals surface area contributed by atoms with Gasteiger partial charge in [0.25, 0.3) is 8.32 Å². The number of ether oxygens (including phenoxy) is 4. The molecule has 2 aromatic carbocycles. The van der Waals surface area contributed by atoms with Gasteiger partial charge in [0.2, 0.25) is 0 Å². The Balaban J connectivity index is 1.89. The molecule has 7 nitrogen and oxygen atoms in total. The Kier molecular flexibility index (Phi) is 9.46. The van der Waals surface area contributed by atoms with E-state index in [1.807, 2.05) is 12.1 Å². The molecule has 1 heterocycles. The molecule has 0 aliphatic carbocycles. The predicted molar refractivity (Wildman–Crippen MR) is 140 cm³/mol. The van der Waals surface area contributed by atoms with Crippen LogP contribution in [0.4, 0.5) is 0 Å². The first-order chi connectivity index (χ1) is 17.1. The van der Waals surface area contributed by atoms with Gasteiger partial charge in [-0.2, -0.15) is 0 Å². The maximum absolute atomic E-state index is 11.8.